The molecular weight excluding hydrogens is 514 g/mol. The van der Waals surface area contributed by atoms with E-state index in [2.05, 4.69) is 48.6 Å². The standard InChI is InChI=1S/C33H43N5O3/c1-7-22-13-15-25(16-14-22)33(6,31(41)36-27(29(34)39)17-21(2)3)37-30(40)26-20-35-38-28(26)18-24(19-32(38,4)5)23-11-9-8-10-12-23/h8-16,20-21,24,27H,7,17-19H2,1-6H3,(H2,34,39)(H,36,41)(H,37,40)/t24-,27?,33?/m0/s1. The normalized spacial score (nSPS) is 18.2. The van der Waals surface area contributed by atoms with Crippen molar-refractivity contribution in [3.63, 3.8) is 0 Å². The van der Waals surface area contributed by atoms with Crippen LogP contribution in [0, 0.1) is 5.92 Å². The lowest BCUT2D eigenvalue weighted by Gasteiger charge is -2.37. The van der Waals surface area contributed by atoms with E-state index in [9.17, 15) is 14.4 Å². The molecule has 0 bridgehead atoms. The molecule has 3 amide bonds. The molecule has 1 aliphatic heterocycles. The molecular formula is C33H43N5O3. The van der Waals surface area contributed by atoms with Crippen LogP contribution in [0.1, 0.15) is 93.0 Å². The minimum atomic E-state index is -1.47. The highest BCUT2D eigenvalue weighted by atomic mass is 16.2. The summed E-state index contributed by atoms with van der Waals surface area (Å²) in [7, 11) is 0. The fourth-order valence-electron chi connectivity index (χ4n) is 5.89. The summed E-state index contributed by atoms with van der Waals surface area (Å²) in [6, 6.07) is 17.1. The predicted octanol–water partition coefficient (Wildman–Crippen LogP) is 4.57. The number of aromatic nitrogens is 2. The van der Waals surface area contributed by atoms with Crippen LogP contribution in [0.2, 0.25) is 0 Å². The number of amides is 3. The van der Waals surface area contributed by atoms with E-state index in [-0.39, 0.29) is 17.4 Å². The molecule has 2 unspecified atom stereocenters. The quantitative estimate of drug-likeness (QED) is 0.338. The summed E-state index contributed by atoms with van der Waals surface area (Å²) in [6.07, 6.45) is 4.38. The van der Waals surface area contributed by atoms with Gasteiger partial charge in [-0.25, -0.2) is 0 Å². The summed E-state index contributed by atoms with van der Waals surface area (Å²) in [5.41, 5.74) is 8.10. The van der Waals surface area contributed by atoms with Crippen LogP contribution in [0.5, 0.6) is 0 Å². The minimum absolute atomic E-state index is 0.136. The first kappa shape index (κ1) is 30.0. The molecule has 0 saturated heterocycles. The van der Waals surface area contributed by atoms with Crippen LogP contribution < -0.4 is 16.4 Å². The average Bonchev–Trinajstić information content (AvgIpc) is 3.38. The predicted molar refractivity (Wildman–Crippen MR) is 160 cm³/mol. The summed E-state index contributed by atoms with van der Waals surface area (Å²) in [5.74, 6) is -1.14. The molecule has 4 N–H and O–H groups in total. The maximum Gasteiger partial charge on any atom is 0.255 e. The van der Waals surface area contributed by atoms with Crippen molar-refractivity contribution in [2.45, 2.75) is 90.3 Å². The highest BCUT2D eigenvalue weighted by Crippen LogP contribution is 2.40. The fraction of sp³-hybridized carbons (Fsp3) is 0.455. The topological polar surface area (TPSA) is 119 Å². The van der Waals surface area contributed by atoms with E-state index in [0.717, 1.165) is 24.1 Å². The van der Waals surface area contributed by atoms with Gasteiger partial charge in [-0.15, -0.1) is 0 Å². The molecule has 0 radical (unpaired) electrons. The maximum atomic E-state index is 14.0. The van der Waals surface area contributed by atoms with Crippen LogP contribution >= 0.6 is 0 Å². The van der Waals surface area contributed by atoms with Gasteiger partial charge < -0.3 is 16.4 Å². The van der Waals surface area contributed by atoms with Crippen molar-refractivity contribution in [2.24, 2.45) is 11.7 Å². The number of rotatable bonds is 10. The zero-order valence-electron chi connectivity index (χ0n) is 25.0. The molecule has 41 heavy (non-hydrogen) atoms. The van der Waals surface area contributed by atoms with Gasteiger partial charge in [-0.2, -0.15) is 5.10 Å². The second-order valence-corrected chi connectivity index (χ2v) is 12.4. The molecule has 0 spiro atoms. The molecule has 4 rings (SSSR count). The Kier molecular flexibility index (Phi) is 8.71. The van der Waals surface area contributed by atoms with Crippen LogP contribution in [0.4, 0.5) is 0 Å². The number of carbonyl (C=O) groups is 3. The van der Waals surface area contributed by atoms with Gasteiger partial charge in [0.25, 0.3) is 11.8 Å². The van der Waals surface area contributed by atoms with Gasteiger partial charge in [-0.05, 0) is 75.0 Å². The second-order valence-electron chi connectivity index (χ2n) is 12.4. The van der Waals surface area contributed by atoms with Gasteiger partial charge in [0.05, 0.1) is 23.0 Å². The van der Waals surface area contributed by atoms with Gasteiger partial charge in [-0.3, -0.25) is 19.1 Å². The molecule has 0 fully saturated rings. The van der Waals surface area contributed by atoms with E-state index >= 15 is 0 Å². The lowest BCUT2D eigenvalue weighted by molar-refractivity contribution is -0.131. The monoisotopic (exact) mass is 557 g/mol. The first-order valence-corrected chi connectivity index (χ1v) is 14.5. The lowest BCUT2D eigenvalue weighted by Crippen LogP contribution is -2.58. The maximum absolute atomic E-state index is 14.0. The first-order chi connectivity index (χ1) is 19.4. The molecule has 3 aromatic rings. The third kappa shape index (κ3) is 6.37. The van der Waals surface area contributed by atoms with Crippen LogP contribution in [0.3, 0.4) is 0 Å². The number of benzene rings is 2. The van der Waals surface area contributed by atoms with Gasteiger partial charge in [0.2, 0.25) is 5.91 Å². The van der Waals surface area contributed by atoms with Crippen molar-refractivity contribution in [1.82, 2.24) is 20.4 Å². The Morgan fingerprint density at radius 1 is 1.10 bits per heavy atom. The number of hydrogen-bond donors (Lipinski definition) is 3. The van der Waals surface area contributed by atoms with Crippen molar-refractivity contribution in [1.29, 1.82) is 0 Å². The van der Waals surface area contributed by atoms with Crippen molar-refractivity contribution in [3.8, 4) is 0 Å². The largest absolute Gasteiger partial charge is 0.368 e. The molecule has 3 atom stereocenters. The van der Waals surface area contributed by atoms with Crippen molar-refractivity contribution in [2.75, 3.05) is 0 Å². The Labute approximate surface area is 243 Å². The highest BCUT2D eigenvalue weighted by molar-refractivity contribution is 6.01. The van der Waals surface area contributed by atoms with Crippen LogP contribution in [0.25, 0.3) is 0 Å². The number of nitrogens with zero attached hydrogens (tertiary/aromatic N) is 2. The molecule has 218 valence electrons. The second kappa shape index (κ2) is 11.9. The molecule has 2 heterocycles. The number of carbonyl (C=O) groups excluding carboxylic acids is 3. The Balaban J connectivity index is 1.69. The van der Waals surface area contributed by atoms with Gasteiger partial charge in [0.1, 0.15) is 11.6 Å². The highest BCUT2D eigenvalue weighted by Gasteiger charge is 2.41. The summed E-state index contributed by atoms with van der Waals surface area (Å²) >= 11 is 0. The molecule has 8 nitrogen and oxygen atoms in total. The Bertz CT molecular complexity index is 1390. The third-order valence-corrected chi connectivity index (χ3v) is 8.26. The van der Waals surface area contributed by atoms with Crippen molar-refractivity contribution >= 4 is 17.7 Å². The Hall–Kier alpha value is -3.94. The summed E-state index contributed by atoms with van der Waals surface area (Å²) in [5, 5.41) is 10.5. The third-order valence-electron chi connectivity index (χ3n) is 8.26. The zero-order valence-corrected chi connectivity index (χ0v) is 25.0. The fourth-order valence-corrected chi connectivity index (χ4v) is 5.89. The average molecular weight is 558 g/mol. The number of aryl methyl sites for hydroxylation is 1. The van der Waals surface area contributed by atoms with Crippen LogP contribution in [-0.2, 0) is 33.5 Å². The van der Waals surface area contributed by atoms with Crippen LogP contribution in [-0.4, -0.2) is 33.5 Å². The molecule has 8 heteroatoms. The zero-order chi connectivity index (χ0) is 29.9. The van der Waals surface area contributed by atoms with Gasteiger partial charge >= 0.3 is 0 Å². The van der Waals surface area contributed by atoms with E-state index in [4.69, 9.17) is 5.73 Å². The molecule has 1 aliphatic rings. The van der Waals surface area contributed by atoms with Crippen molar-refractivity contribution in [3.05, 3.63) is 88.7 Å². The summed E-state index contributed by atoms with van der Waals surface area (Å²) in [6.45, 7) is 11.9. The van der Waals surface area contributed by atoms with E-state index in [1.54, 1.807) is 13.1 Å². The Morgan fingerprint density at radius 3 is 2.34 bits per heavy atom. The van der Waals surface area contributed by atoms with Gasteiger partial charge in [0.15, 0.2) is 0 Å². The van der Waals surface area contributed by atoms with E-state index in [1.807, 2.05) is 61.0 Å². The smallest absolute Gasteiger partial charge is 0.255 e. The van der Waals surface area contributed by atoms with E-state index in [1.165, 1.54) is 5.56 Å². The van der Waals surface area contributed by atoms with Gasteiger partial charge in [0, 0.05) is 0 Å². The van der Waals surface area contributed by atoms with E-state index < -0.39 is 29.3 Å². The first-order valence-electron chi connectivity index (χ1n) is 14.5. The Morgan fingerprint density at radius 2 is 1.76 bits per heavy atom. The summed E-state index contributed by atoms with van der Waals surface area (Å²) in [4.78, 5) is 40.1. The van der Waals surface area contributed by atoms with Gasteiger partial charge in [-0.1, -0.05) is 75.4 Å². The SMILES string of the molecule is CCc1ccc(C(C)(NC(=O)c2cnn3c2C[C@H](c2ccccc2)CC3(C)C)C(=O)NC(CC(C)C)C(N)=O)cc1. The molecule has 1 aromatic heterocycles. The minimum Gasteiger partial charge on any atom is -0.368 e. The number of nitrogens with one attached hydrogen (secondary N) is 2. The lowest BCUT2D eigenvalue weighted by atomic mass is 9.79. The van der Waals surface area contributed by atoms with E-state index in [0.29, 0.717) is 24.0 Å². The molecule has 0 aliphatic carbocycles. The molecule has 0 saturated carbocycles. The number of primary amides is 1. The number of nitrogens with two attached hydrogens (primary N) is 1. The number of hydrogen-bond acceptors (Lipinski definition) is 4. The molecule has 2 aromatic carbocycles. The summed E-state index contributed by atoms with van der Waals surface area (Å²) < 4.78 is 1.95. The van der Waals surface area contributed by atoms with Crippen LogP contribution in [0.15, 0.2) is 60.8 Å². The van der Waals surface area contributed by atoms with Crippen molar-refractivity contribution < 1.29 is 14.4 Å². The number of fused-ring (bicyclic) bond motifs is 1.